The number of hydroxylamine groups is 1. The third kappa shape index (κ3) is 5.02. The molecule has 140 valence electrons. The van der Waals surface area contributed by atoms with Crippen molar-refractivity contribution in [3.8, 4) is 5.75 Å². The van der Waals surface area contributed by atoms with Gasteiger partial charge in [-0.15, -0.1) is 0 Å². The number of methoxy groups -OCH3 is 1. The van der Waals surface area contributed by atoms with Crippen molar-refractivity contribution >= 4 is 17.5 Å². The summed E-state index contributed by atoms with van der Waals surface area (Å²) in [4.78, 5) is 25.3. The molecule has 27 heavy (non-hydrogen) atoms. The van der Waals surface area contributed by atoms with Gasteiger partial charge in [-0.25, -0.2) is 15.4 Å². The Morgan fingerprint density at radius 3 is 2.52 bits per heavy atom. The fourth-order valence-electron chi connectivity index (χ4n) is 2.49. The highest BCUT2D eigenvalue weighted by molar-refractivity contribution is 5.94. The summed E-state index contributed by atoms with van der Waals surface area (Å²) in [6.07, 6.45) is 8.35. The number of carbonyl (C=O) groups excluding carboxylic acids is 1. The lowest BCUT2D eigenvalue weighted by Gasteiger charge is -2.09. The van der Waals surface area contributed by atoms with Crippen LogP contribution in [0.2, 0.25) is 0 Å². The lowest BCUT2D eigenvalue weighted by molar-refractivity contribution is 0.0537. The van der Waals surface area contributed by atoms with E-state index in [1.54, 1.807) is 38.0 Å². The largest absolute Gasteiger partial charge is 0.497 e. The molecule has 0 saturated carbocycles. The molecule has 0 aliphatic carbocycles. The van der Waals surface area contributed by atoms with Crippen molar-refractivity contribution in [3.05, 3.63) is 59.7 Å². The van der Waals surface area contributed by atoms with Gasteiger partial charge in [-0.05, 0) is 42.2 Å². The maximum Gasteiger partial charge on any atom is 0.274 e. The van der Waals surface area contributed by atoms with E-state index in [0.29, 0.717) is 23.7 Å². The maximum atomic E-state index is 12.0. The first-order valence-electron chi connectivity index (χ1n) is 8.26. The van der Waals surface area contributed by atoms with Crippen LogP contribution < -0.4 is 15.5 Å². The Morgan fingerprint density at radius 2 is 1.85 bits per heavy atom. The quantitative estimate of drug-likeness (QED) is 0.521. The average Bonchev–Trinajstić information content (AvgIpc) is 3.20. The number of aryl methyl sites for hydroxylation is 2. The molecule has 0 fully saturated rings. The number of benzene rings is 1. The smallest absolute Gasteiger partial charge is 0.274 e. The van der Waals surface area contributed by atoms with Crippen LogP contribution in [0.15, 0.2) is 43.0 Å². The molecular formula is C18H20N6O3. The number of anilines is 2. The summed E-state index contributed by atoms with van der Waals surface area (Å²) in [5.41, 5.74) is 5.53. The fourth-order valence-corrected chi connectivity index (χ4v) is 2.49. The van der Waals surface area contributed by atoms with Crippen molar-refractivity contribution in [1.82, 2.24) is 25.6 Å². The van der Waals surface area contributed by atoms with Gasteiger partial charge in [-0.1, -0.05) is 0 Å². The first kappa shape index (κ1) is 18.3. The summed E-state index contributed by atoms with van der Waals surface area (Å²) in [5, 5.41) is 9.61. The van der Waals surface area contributed by atoms with Crippen molar-refractivity contribution in [2.45, 2.75) is 12.8 Å². The molecule has 3 N–H and O–H groups in total. The number of aromatic amines is 1. The summed E-state index contributed by atoms with van der Waals surface area (Å²) in [5.74, 6) is 0.792. The number of ether oxygens (including phenoxy) is 1. The summed E-state index contributed by atoms with van der Waals surface area (Å²) >= 11 is 0. The molecule has 0 bridgehead atoms. The van der Waals surface area contributed by atoms with Gasteiger partial charge in [0.15, 0.2) is 0 Å². The number of nitrogens with one attached hydrogen (secondary N) is 3. The zero-order valence-electron chi connectivity index (χ0n) is 15.0. The van der Waals surface area contributed by atoms with Gasteiger partial charge in [0, 0.05) is 24.2 Å². The molecule has 0 aliphatic heterocycles. The molecule has 2 heterocycles. The molecule has 3 aromatic rings. The van der Waals surface area contributed by atoms with E-state index in [0.717, 1.165) is 23.2 Å². The second-order valence-corrected chi connectivity index (χ2v) is 5.73. The fraction of sp³-hybridized carbons (Fsp3) is 0.222. The van der Waals surface area contributed by atoms with Gasteiger partial charge in [-0.3, -0.25) is 14.7 Å². The Hall–Kier alpha value is -3.46. The molecule has 3 rings (SSSR count). The lowest BCUT2D eigenvalue weighted by atomic mass is 10.0. The van der Waals surface area contributed by atoms with Gasteiger partial charge in [0.05, 0.1) is 26.1 Å². The highest BCUT2D eigenvalue weighted by Gasteiger charge is 2.09. The number of nitrogens with zero attached hydrogens (tertiary/aromatic N) is 3. The van der Waals surface area contributed by atoms with Crippen LogP contribution in [0, 0.1) is 0 Å². The van der Waals surface area contributed by atoms with Gasteiger partial charge in [0.2, 0.25) is 5.95 Å². The third-order valence-electron chi connectivity index (χ3n) is 3.82. The molecule has 0 spiro atoms. The standard InChI is InChI=1S/C18H20N6O3/c1-26-16-6-12(5-14(7-16)17(25)24-27-2)3-4-13-8-19-18(20-9-13)23-15-10-21-22-11-15/h5-11H,3-4H2,1-2H3,(H,21,22)(H,24,25)(H,19,20,23). The number of hydrogen-bond acceptors (Lipinski definition) is 7. The minimum Gasteiger partial charge on any atom is -0.497 e. The molecule has 0 unspecified atom stereocenters. The molecule has 0 aliphatic rings. The van der Waals surface area contributed by atoms with Crippen LogP contribution in [0.4, 0.5) is 11.6 Å². The van der Waals surface area contributed by atoms with E-state index in [1.807, 2.05) is 12.1 Å². The third-order valence-corrected chi connectivity index (χ3v) is 3.82. The Balaban J connectivity index is 1.65. The van der Waals surface area contributed by atoms with Crippen molar-refractivity contribution in [2.24, 2.45) is 0 Å². The monoisotopic (exact) mass is 368 g/mol. The van der Waals surface area contributed by atoms with Crippen LogP contribution in [0.1, 0.15) is 21.5 Å². The molecule has 0 saturated heterocycles. The topological polar surface area (TPSA) is 114 Å². The minimum atomic E-state index is -0.323. The number of carbonyl (C=O) groups is 1. The summed E-state index contributed by atoms with van der Waals surface area (Å²) < 4.78 is 5.28. The predicted octanol–water partition coefficient (Wildman–Crippen LogP) is 2.03. The Labute approximate surface area is 156 Å². The number of H-pyrrole nitrogens is 1. The van der Waals surface area contributed by atoms with E-state index in [2.05, 4.69) is 35.8 Å². The highest BCUT2D eigenvalue weighted by Crippen LogP contribution is 2.19. The number of aromatic nitrogens is 4. The van der Waals surface area contributed by atoms with E-state index in [9.17, 15) is 4.79 Å². The molecule has 2 aromatic heterocycles. The average molecular weight is 368 g/mol. The van der Waals surface area contributed by atoms with Crippen molar-refractivity contribution < 1.29 is 14.4 Å². The van der Waals surface area contributed by atoms with Crippen LogP contribution in [-0.2, 0) is 17.7 Å². The molecule has 9 heteroatoms. The van der Waals surface area contributed by atoms with E-state index < -0.39 is 0 Å². The maximum absolute atomic E-state index is 12.0. The lowest BCUT2D eigenvalue weighted by Crippen LogP contribution is -2.22. The van der Waals surface area contributed by atoms with Crippen LogP contribution >= 0.6 is 0 Å². The number of rotatable bonds is 8. The van der Waals surface area contributed by atoms with Gasteiger partial charge in [-0.2, -0.15) is 5.10 Å². The van der Waals surface area contributed by atoms with Crippen LogP contribution in [-0.4, -0.2) is 40.3 Å². The molecule has 1 amide bonds. The van der Waals surface area contributed by atoms with Gasteiger partial charge in [0.25, 0.3) is 5.91 Å². The summed E-state index contributed by atoms with van der Waals surface area (Å²) in [7, 11) is 2.96. The van der Waals surface area contributed by atoms with Crippen LogP contribution in [0.25, 0.3) is 0 Å². The van der Waals surface area contributed by atoms with Crippen molar-refractivity contribution in [3.63, 3.8) is 0 Å². The number of amides is 1. The Kier molecular flexibility index (Phi) is 5.95. The number of hydrogen-bond donors (Lipinski definition) is 3. The van der Waals surface area contributed by atoms with Gasteiger partial charge >= 0.3 is 0 Å². The molecule has 0 radical (unpaired) electrons. The minimum absolute atomic E-state index is 0.323. The molecule has 0 atom stereocenters. The SMILES string of the molecule is CONC(=O)c1cc(CCc2cnc(Nc3cn[nH]c3)nc2)cc(OC)c1. The zero-order chi connectivity index (χ0) is 19.1. The van der Waals surface area contributed by atoms with Crippen LogP contribution in [0.3, 0.4) is 0 Å². The Morgan fingerprint density at radius 1 is 1.07 bits per heavy atom. The normalized spacial score (nSPS) is 10.4. The summed E-state index contributed by atoms with van der Waals surface area (Å²) in [6.45, 7) is 0. The first-order valence-corrected chi connectivity index (χ1v) is 8.26. The van der Waals surface area contributed by atoms with Crippen LogP contribution in [0.5, 0.6) is 5.75 Å². The predicted molar refractivity (Wildman–Crippen MR) is 98.8 cm³/mol. The second kappa shape index (κ2) is 8.77. The first-order chi connectivity index (χ1) is 13.2. The van der Waals surface area contributed by atoms with E-state index >= 15 is 0 Å². The van der Waals surface area contributed by atoms with Crippen molar-refractivity contribution in [1.29, 1.82) is 0 Å². The Bertz CT molecular complexity index is 881. The van der Waals surface area contributed by atoms with Gasteiger partial charge in [0.1, 0.15) is 5.75 Å². The van der Waals surface area contributed by atoms with E-state index in [1.165, 1.54) is 7.11 Å². The van der Waals surface area contributed by atoms with E-state index in [4.69, 9.17) is 4.74 Å². The highest BCUT2D eigenvalue weighted by atomic mass is 16.6. The van der Waals surface area contributed by atoms with E-state index in [-0.39, 0.29) is 5.91 Å². The second-order valence-electron chi connectivity index (χ2n) is 5.73. The molecule has 1 aromatic carbocycles. The molecule has 9 nitrogen and oxygen atoms in total. The zero-order valence-corrected chi connectivity index (χ0v) is 15.0. The van der Waals surface area contributed by atoms with Crippen molar-refractivity contribution in [2.75, 3.05) is 19.5 Å². The van der Waals surface area contributed by atoms with Gasteiger partial charge < -0.3 is 10.1 Å². The molecular weight excluding hydrogens is 348 g/mol. The summed E-state index contributed by atoms with van der Waals surface area (Å²) in [6, 6.07) is 5.38.